The fraction of sp³-hybridized carbons (Fsp3) is 0.615. The standard InChI is InChI=1S/C13H20N2O4S/c1-5-19-11(17)6-9-8-20-12(14-9)15-10(16)7-13(2,3)18-4/h8H,5-7H2,1-4H3,(H,14,15,16). The first-order valence-electron chi connectivity index (χ1n) is 6.31. The van der Waals surface area contributed by atoms with E-state index in [4.69, 9.17) is 9.47 Å². The van der Waals surface area contributed by atoms with Gasteiger partial charge in [0.05, 0.1) is 30.7 Å². The van der Waals surface area contributed by atoms with Gasteiger partial charge in [0.1, 0.15) is 0 Å². The summed E-state index contributed by atoms with van der Waals surface area (Å²) in [6.45, 7) is 5.77. The molecule has 1 aromatic heterocycles. The van der Waals surface area contributed by atoms with E-state index in [1.165, 1.54) is 11.3 Å². The van der Waals surface area contributed by atoms with Gasteiger partial charge in [0.25, 0.3) is 0 Å². The number of hydrogen-bond acceptors (Lipinski definition) is 6. The lowest BCUT2D eigenvalue weighted by Gasteiger charge is -2.21. The molecule has 0 aliphatic carbocycles. The van der Waals surface area contributed by atoms with Gasteiger partial charge in [-0.1, -0.05) is 0 Å². The zero-order chi connectivity index (χ0) is 15.2. The molecule has 0 unspecified atom stereocenters. The van der Waals surface area contributed by atoms with Crippen LogP contribution in [0.4, 0.5) is 5.13 Å². The van der Waals surface area contributed by atoms with Crippen molar-refractivity contribution < 1.29 is 19.1 Å². The maximum Gasteiger partial charge on any atom is 0.311 e. The molecule has 0 bridgehead atoms. The molecular formula is C13H20N2O4S. The van der Waals surface area contributed by atoms with Crippen molar-refractivity contribution in [1.29, 1.82) is 0 Å². The molecule has 20 heavy (non-hydrogen) atoms. The lowest BCUT2D eigenvalue weighted by Crippen LogP contribution is -2.29. The van der Waals surface area contributed by atoms with Crippen LogP contribution in [0, 0.1) is 0 Å². The minimum absolute atomic E-state index is 0.115. The maximum atomic E-state index is 11.8. The van der Waals surface area contributed by atoms with Gasteiger partial charge in [-0.3, -0.25) is 9.59 Å². The van der Waals surface area contributed by atoms with E-state index in [1.54, 1.807) is 19.4 Å². The zero-order valence-corrected chi connectivity index (χ0v) is 13.0. The molecule has 0 aromatic carbocycles. The number of hydrogen-bond donors (Lipinski definition) is 1. The minimum Gasteiger partial charge on any atom is -0.466 e. The molecule has 0 saturated carbocycles. The van der Waals surface area contributed by atoms with Gasteiger partial charge >= 0.3 is 5.97 Å². The summed E-state index contributed by atoms with van der Waals surface area (Å²) < 4.78 is 10.0. The van der Waals surface area contributed by atoms with E-state index in [1.807, 2.05) is 13.8 Å². The van der Waals surface area contributed by atoms with Crippen LogP contribution in [0.2, 0.25) is 0 Å². The molecule has 7 heteroatoms. The quantitative estimate of drug-likeness (QED) is 0.779. The summed E-state index contributed by atoms with van der Waals surface area (Å²) in [4.78, 5) is 27.3. The van der Waals surface area contributed by atoms with Crippen LogP contribution in [0.15, 0.2) is 5.38 Å². The van der Waals surface area contributed by atoms with Gasteiger partial charge in [-0.15, -0.1) is 11.3 Å². The van der Waals surface area contributed by atoms with E-state index in [2.05, 4.69) is 10.3 Å². The highest BCUT2D eigenvalue weighted by atomic mass is 32.1. The molecule has 6 nitrogen and oxygen atoms in total. The predicted molar refractivity (Wildman–Crippen MR) is 76.8 cm³/mol. The highest BCUT2D eigenvalue weighted by Gasteiger charge is 2.21. The number of amides is 1. The van der Waals surface area contributed by atoms with E-state index in [9.17, 15) is 9.59 Å². The number of rotatable bonds is 7. The number of anilines is 1. The van der Waals surface area contributed by atoms with Crippen LogP contribution in [0.25, 0.3) is 0 Å². The fourth-order valence-corrected chi connectivity index (χ4v) is 2.15. The van der Waals surface area contributed by atoms with Crippen molar-refractivity contribution in [2.24, 2.45) is 0 Å². The summed E-state index contributed by atoms with van der Waals surface area (Å²) in [6, 6.07) is 0. The second kappa shape index (κ2) is 7.35. The van der Waals surface area contributed by atoms with E-state index < -0.39 is 5.60 Å². The van der Waals surface area contributed by atoms with Crippen molar-refractivity contribution in [2.75, 3.05) is 19.0 Å². The van der Waals surface area contributed by atoms with Crippen molar-refractivity contribution in [1.82, 2.24) is 4.98 Å². The topological polar surface area (TPSA) is 77.5 Å². The number of carbonyl (C=O) groups is 2. The molecule has 1 rings (SSSR count). The Balaban J connectivity index is 2.51. The zero-order valence-electron chi connectivity index (χ0n) is 12.2. The van der Waals surface area contributed by atoms with Gasteiger partial charge in [-0.05, 0) is 20.8 Å². The Bertz CT molecular complexity index is 471. The molecule has 0 aliphatic rings. The number of ether oxygens (including phenoxy) is 2. The van der Waals surface area contributed by atoms with Crippen LogP contribution < -0.4 is 5.32 Å². The maximum absolute atomic E-state index is 11.8. The van der Waals surface area contributed by atoms with E-state index in [-0.39, 0.29) is 24.7 Å². The van der Waals surface area contributed by atoms with Gasteiger partial charge in [0.2, 0.25) is 5.91 Å². The third-order valence-corrected chi connectivity index (χ3v) is 3.37. The van der Waals surface area contributed by atoms with Gasteiger partial charge in [-0.25, -0.2) is 4.98 Å². The van der Waals surface area contributed by atoms with Gasteiger partial charge in [0.15, 0.2) is 5.13 Å². The van der Waals surface area contributed by atoms with Crippen molar-refractivity contribution in [3.63, 3.8) is 0 Å². The molecule has 1 aromatic rings. The Hall–Kier alpha value is -1.47. The van der Waals surface area contributed by atoms with Crippen LogP contribution in [-0.4, -0.2) is 36.2 Å². The van der Waals surface area contributed by atoms with E-state index in [0.717, 1.165) is 0 Å². The number of methoxy groups -OCH3 is 1. The van der Waals surface area contributed by atoms with Gasteiger partial charge in [-0.2, -0.15) is 0 Å². The number of carbonyl (C=O) groups excluding carboxylic acids is 2. The average molecular weight is 300 g/mol. The van der Waals surface area contributed by atoms with Crippen LogP contribution in [0.3, 0.4) is 0 Å². The van der Waals surface area contributed by atoms with Crippen LogP contribution in [0.5, 0.6) is 0 Å². The molecule has 0 atom stereocenters. The number of thiazole rings is 1. The van der Waals surface area contributed by atoms with Gasteiger partial charge in [0, 0.05) is 12.5 Å². The molecule has 0 spiro atoms. The summed E-state index contributed by atoms with van der Waals surface area (Å²) in [6.07, 6.45) is 0.347. The summed E-state index contributed by atoms with van der Waals surface area (Å²) in [5.74, 6) is -0.495. The highest BCUT2D eigenvalue weighted by molar-refractivity contribution is 7.13. The Morgan fingerprint density at radius 2 is 2.15 bits per heavy atom. The van der Waals surface area contributed by atoms with E-state index in [0.29, 0.717) is 17.4 Å². The second-order valence-electron chi connectivity index (χ2n) is 4.81. The predicted octanol–water partition coefficient (Wildman–Crippen LogP) is 2.00. The molecule has 112 valence electrons. The number of nitrogens with zero attached hydrogens (tertiary/aromatic N) is 1. The normalized spacial score (nSPS) is 11.2. The lowest BCUT2D eigenvalue weighted by molar-refractivity contribution is -0.142. The second-order valence-corrected chi connectivity index (χ2v) is 5.67. The SMILES string of the molecule is CCOC(=O)Cc1csc(NC(=O)CC(C)(C)OC)n1. The third-order valence-electron chi connectivity index (χ3n) is 2.57. The fourth-order valence-electron chi connectivity index (χ4n) is 1.43. The first-order chi connectivity index (χ1) is 9.36. The minimum atomic E-state index is -0.519. The summed E-state index contributed by atoms with van der Waals surface area (Å²) in [5, 5.41) is 4.90. The molecule has 0 saturated heterocycles. The Morgan fingerprint density at radius 1 is 1.45 bits per heavy atom. The Morgan fingerprint density at radius 3 is 2.75 bits per heavy atom. The third kappa shape index (κ3) is 5.66. The molecule has 1 heterocycles. The highest BCUT2D eigenvalue weighted by Crippen LogP contribution is 2.19. The van der Waals surface area contributed by atoms with Crippen molar-refractivity contribution in [2.45, 2.75) is 39.2 Å². The van der Waals surface area contributed by atoms with Gasteiger partial charge < -0.3 is 14.8 Å². The lowest BCUT2D eigenvalue weighted by atomic mass is 10.1. The summed E-state index contributed by atoms with van der Waals surface area (Å²) in [7, 11) is 1.56. The van der Waals surface area contributed by atoms with Crippen molar-refractivity contribution >= 4 is 28.3 Å². The monoisotopic (exact) mass is 300 g/mol. The number of esters is 1. The molecule has 0 aliphatic heterocycles. The first-order valence-corrected chi connectivity index (χ1v) is 7.19. The Labute approximate surface area is 122 Å². The average Bonchev–Trinajstić information content (AvgIpc) is 2.75. The smallest absolute Gasteiger partial charge is 0.311 e. The summed E-state index contributed by atoms with van der Waals surface area (Å²) >= 11 is 1.28. The first kappa shape index (κ1) is 16.6. The number of nitrogens with one attached hydrogen (secondary N) is 1. The van der Waals surface area contributed by atoms with Crippen molar-refractivity contribution in [3.05, 3.63) is 11.1 Å². The Kier molecular flexibility index (Phi) is 6.09. The van der Waals surface area contributed by atoms with Crippen LogP contribution >= 0.6 is 11.3 Å². The van der Waals surface area contributed by atoms with E-state index >= 15 is 0 Å². The molecule has 0 fully saturated rings. The van der Waals surface area contributed by atoms with Crippen LogP contribution in [-0.2, 0) is 25.5 Å². The molecular weight excluding hydrogens is 280 g/mol. The summed E-state index contributed by atoms with van der Waals surface area (Å²) in [5.41, 5.74) is 0.0736. The largest absolute Gasteiger partial charge is 0.466 e. The van der Waals surface area contributed by atoms with Crippen LogP contribution in [0.1, 0.15) is 32.9 Å². The molecule has 1 amide bonds. The van der Waals surface area contributed by atoms with Crippen molar-refractivity contribution in [3.8, 4) is 0 Å². The molecule has 0 radical (unpaired) electrons. The molecule has 1 N–H and O–H groups in total. The number of aromatic nitrogens is 1.